The van der Waals surface area contributed by atoms with Gasteiger partial charge in [-0.3, -0.25) is 9.50 Å². The molecular formula is C14H31FN2O. The number of rotatable bonds is 11. The van der Waals surface area contributed by atoms with Crippen LogP contribution in [0.3, 0.4) is 0 Å². The molecule has 0 aromatic carbocycles. The highest BCUT2D eigenvalue weighted by Gasteiger charge is 2.15. The Hall–Kier alpha value is -0.640. The second-order valence-corrected chi connectivity index (χ2v) is 4.76. The van der Waals surface area contributed by atoms with E-state index in [1.165, 1.54) is 19.3 Å². The zero-order valence-electron chi connectivity index (χ0n) is 12.3. The van der Waals surface area contributed by atoms with Gasteiger partial charge in [-0.15, -0.1) is 0 Å². The minimum absolute atomic E-state index is 0. The molecule has 18 heavy (non-hydrogen) atoms. The molecule has 0 radical (unpaired) electrons. The van der Waals surface area contributed by atoms with Gasteiger partial charge in [-0.05, 0) is 32.5 Å². The van der Waals surface area contributed by atoms with Crippen molar-refractivity contribution in [1.82, 2.24) is 4.90 Å². The summed E-state index contributed by atoms with van der Waals surface area (Å²) in [6, 6.07) is 0. The van der Waals surface area contributed by atoms with Gasteiger partial charge in [0.2, 0.25) is 5.91 Å². The topological polar surface area (TPSA) is 46.3 Å². The Morgan fingerprint density at radius 2 is 1.67 bits per heavy atom. The molecule has 0 aromatic heterocycles. The quantitative estimate of drug-likeness (QED) is 0.582. The molecule has 4 heteroatoms. The highest BCUT2D eigenvalue weighted by molar-refractivity contribution is 5.76. The summed E-state index contributed by atoms with van der Waals surface area (Å²) in [6.45, 7) is 9.62. The van der Waals surface area contributed by atoms with E-state index in [1.54, 1.807) is 0 Å². The van der Waals surface area contributed by atoms with Crippen LogP contribution in [0, 0.1) is 5.92 Å². The van der Waals surface area contributed by atoms with E-state index in [2.05, 4.69) is 25.7 Å². The third-order valence-electron chi connectivity index (χ3n) is 3.50. The summed E-state index contributed by atoms with van der Waals surface area (Å²) in [4.78, 5) is 13.7. The van der Waals surface area contributed by atoms with Crippen LogP contribution >= 0.6 is 0 Å². The van der Waals surface area contributed by atoms with E-state index in [-0.39, 0.29) is 16.5 Å². The van der Waals surface area contributed by atoms with Gasteiger partial charge in [0.1, 0.15) is 0 Å². The van der Waals surface area contributed by atoms with E-state index in [0.29, 0.717) is 0 Å². The molecule has 1 amide bonds. The van der Waals surface area contributed by atoms with Crippen molar-refractivity contribution in [3.05, 3.63) is 0 Å². The average Bonchev–Trinajstić information content (AvgIpc) is 2.32. The van der Waals surface area contributed by atoms with Gasteiger partial charge in [-0.1, -0.05) is 46.5 Å². The lowest BCUT2D eigenvalue weighted by Gasteiger charge is -2.21. The highest BCUT2D eigenvalue weighted by Crippen LogP contribution is 2.14. The minimum atomic E-state index is -0.117. The maximum atomic E-state index is 11.4. The van der Waals surface area contributed by atoms with E-state index in [1.807, 2.05) is 0 Å². The van der Waals surface area contributed by atoms with Crippen molar-refractivity contribution in [3.63, 3.8) is 0 Å². The lowest BCUT2D eigenvalue weighted by molar-refractivity contribution is -0.122. The molecule has 0 fully saturated rings. The van der Waals surface area contributed by atoms with Crippen LogP contribution in [0.5, 0.6) is 0 Å². The van der Waals surface area contributed by atoms with Crippen LogP contribution in [-0.4, -0.2) is 30.4 Å². The standard InChI is InChI=1S/C14H30N2O.FH/c1-4-7-8-9-10-13(14(15)17)11-12-16(5-2)6-3;/h13H,4-12H2,1-3H3,(H2,15,17);1H. The van der Waals surface area contributed by atoms with Crippen LogP contribution in [0.2, 0.25) is 0 Å². The molecule has 1 unspecified atom stereocenters. The first-order valence-electron chi connectivity index (χ1n) is 7.17. The van der Waals surface area contributed by atoms with Gasteiger partial charge in [-0.2, -0.15) is 0 Å². The summed E-state index contributed by atoms with van der Waals surface area (Å²) in [5, 5.41) is 0. The fourth-order valence-electron chi connectivity index (χ4n) is 2.12. The number of hydrogen-bond acceptors (Lipinski definition) is 2. The Kier molecular flexibility index (Phi) is 14.0. The first-order chi connectivity index (χ1) is 8.15. The maximum Gasteiger partial charge on any atom is 0.220 e. The zero-order chi connectivity index (χ0) is 13.1. The normalized spacial score (nSPS) is 12.2. The van der Waals surface area contributed by atoms with Crippen LogP contribution in [0.1, 0.15) is 59.3 Å². The molecule has 2 N–H and O–H groups in total. The number of carbonyl (C=O) groups excluding carboxylic acids is 1. The Bertz CT molecular complexity index is 196. The van der Waals surface area contributed by atoms with Crippen LogP contribution in [0.4, 0.5) is 4.70 Å². The number of hydrogen-bond donors (Lipinski definition) is 1. The summed E-state index contributed by atoms with van der Waals surface area (Å²) in [6.07, 6.45) is 6.76. The van der Waals surface area contributed by atoms with Gasteiger partial charge >= 0.3 is 0 Å². The van der Waals surface area contributed by atoms with Gasteiger partial charge in [0.25, 0.3) is 0 Å². The predicted octanol–water partition coefficient (Wildman–Crippen LogP) is 2.94. The van der Waals surface area contributed by atoms with Crippen molar-refractivity contribution in [2.24, 2.45) is 11.7 Å². The second kappa shape index (κ2) is 12.8. The van der Waals surface area contributed by atoms with Gasteiger partial charge < -0.3 is 10.6 Å². The molecule has 0 spiro atoms. The fourth-order valence-corrected chi connectivity index (χ4v) is 2.12. The smallest absolute Gasteiger partial charge is 0.220 e. The fraction of sp³-hybridized carbons (Fsp3) is 0.929. The molecule has 110 valence electrons. The van der Waals surface area contributed by atoms with Crippen molar-refractivity contribution in [2.75, 3.05) is 19.6 Å². The predicted molar refractivity (Wildman–Crippen MR) is 76.4 cm³/mol. The van der Waals surface area contributed by atoms with Crippen molar-refractivity contribution in [3.8, 4) is 0 Å². The molecule has 0 aliphatic carbocycles. The SMILES string of the molecule is CCCCCCC(CCN(CC)CC)C(N)=O.F. The third kappa shape index (κ3) is 9.40. The van der Waals surface area contributed by atoms with Crippen LogP contribution in [-0.2, 0) is 4.79 Å². The highest BCUT2D eigenvalue weighted by atomic mass is 19.0. The number of unbranched alkanes of at least 4 members (excludes halogenated alkanes) is 3. The molecule has 0 aliphatic heterocycles. The van der Waals surface area contributed by atoms with Gasteiger partial charge in [0.05, 0.1) is 0 Å². The molecular weight excluding hydrogens is 231 g/mol. The molecule has 0 heterocycles. The molecule has 0 saturated carbocycles. The minimum Gasteiger partial charge on any atom is -0.369 e. The van der Waals surface area contributed by atoms with Crippen LogP contribution in [0.15, 0.2) is 0 Å². The molecule has 0 aliphatic rings. The van der Waals surface area contributed by atoms with Crippen molar-refractivity contribution in [1.29, 1.82) is 0 Å². The van der Waals surface area contributed by atoms with E-state index in [9.17, 15) is 4.79 Å². The lowest BCUT2D eigenvalue weighted by Crippen LogP contribution is -2.30. The van der Waals surface area contributed by atoms with Gasteiger partial charge in [0.15, 0.2) is 0 Å². The Morgan fingerprint density at radius 1 is 1.06 bits per heavy atom. The number of halogens is 1. The van der Waals surface area contributed by atoms with Gasteiger partial charge in [-0.25, -0.2) is 0 Å². The Morgan fingerprint density at radius 3 is 2.11 bits per heavy atom. The Balaban J connectivity index is 0. The Labute approximate surface area is 111 Å². The van der Waals surface area contributed by atoms with Crippen LogP contribution < -0.4 is 5.73 Å². The first-order valence-corrected chi connectivity index (χ1v) is 7.17. The summed E-state index contributed by atoms with van der Waals surface area (Å²) < 4.78 is 0. The molecule has 0 bridgehead atoms. The number of nitrogens with two attached hydrogens (primary N) is 1. The third-order valence-corrected chi connectivity index (χ3v) is 3.50. The van der Waals surface area contributed by atoms with Crippen LogP contribution in [0.25, 0.3) is 0 Å². The monoisotopic (exact) mass is 262 g/mol. The molecule has 1 atom stereocenters. The van der Waals surface area contributed by atoms with Gasteiger partial charge in [0, 0.05) is 5.92 Å². The van der Waals surface area contributed by atoms with Crippen molar-refractivity contribution >= 4 is 5.91 Å². The van der Waals surface area contributed by atoms with E-state index in [4.69, 9.17) is 5.73 Å². The molecule has 0 saturated heterocycles. The van der Waals surface area contributed by atoms with E-state index in [0.717, 1.165) is 38.9 Å². The largest absolute Gasteiger partial charge is 0.369 e. The van der Waals surface area contributed by atoms with Crippen molar-refractivity contribution in [2.45, 2.75) is 59.3 Å². The lowest BCUT2D eigenvalue weighted by atomic mass is 9.96. The number of amides is 1. The van der Waals surface area contributed by atoms with Crippen molar-refractivity contribution < 1.29 is 9.50 Å². The molecule has 0 aromatic rings. The first kappa shape index (κ1) is 19.7. The van der Waals surface area contributed by atoms with E-state index < -0.39 is 0 Å². The summed E-state index contributed by atoms with van der Waals surface area (Å²) in [5.74, 6) is -0.0406. The summed E-state index contributed by atoms with van der Waals surface area (Å²) in [5.41, 5.74) is 5.46. The second-order valence-electron chi connectivity index (χ2n) is 4.76. The number of primary amides is 1. The average molecular weight is 262 g/mol. The molecule has 0 rings (SSSR count). The summed E-state index contributed by atoms with van der Waals surface area (Å²) in [7, 11) is 0. The number of nitrogens with zero attached hydrogens (tertiary/aromatic N) is 1. The van der Waals surface area contributed by atoms with E-state index >= 15 is 0 Å². The molecule has 3 nitrogen and oxygen atoms in total. The summed E-state index contributed by atoms with van der Waals surface area (Å²) >= 11 is 0. The number of carbonyl (C=O) groups is 1. The zero-order valence-corrected chi connectivity index (χ0v) is 12.3. The maximum absolute atomic E-state index is 11.4.